The highest BCUT2D eigenvalue weighted by molar-refractivity contribution is 5.77. The molecule has 2 heterocycles. The van der Waals surface area contributed by atoms with Gasteiger partial charge >= 0.3 is 0 Å². The van der Waals surface area contributed by atoms with Crippen molar-refractivity contribution in [2.24, 2.45) is 5.73 Å². The van der Waals surface area contributed by atoms with Crippen LogP contribution in [0.25, 0.3) is 22.6 Å². The van der Waals surface area contributed by atoms with Gasteiger partial charge in [0, 0.05) is 24.4 Å². The molecule has 2 aromatic heterocycles. The second-order valence-corrected chi connectivity index (χ2v) is 7.77. The summed E-state index contributed by atoms with van der Waals surface area (Å²) in [5, 5.41) is 0. The molecule has 5 rings (SSSR count). The summed E-state index contributed by atoms with van der Waals surface area (Å²) in [4.78, 5) is 8.96. The lowest BCUT2D eigenvalue weighted by molar-refractivity contribution is 0.304. The van der Waals surface area contributed by atoms with Crippen molar-refractivity contribution < 1.29 is 13.9 Å². The zero-order valence-corrected chi connectivity index (χ0v) is 18.1. The summed E-state index contributed by atoms with van der Waals surface area (Å²) in [6.45, 7) is 2.43. The van der Waals surface area contributed by atoms with Crippen molar-refractivity contribution in [2.75, 3.05) is 0 Å². The first-order chi connectivity index (χ1) is 16.1. The van der Waals surface area contributed by atoms with Crippen molar-refractivity contribution in [3.05, 3.63) is 102 Å². The quantitative estimate of drug-likeness (QED) is 0.323. The molecule has 0 spiro atoms. The van der Waals surface area contributed by atoms with E-state index in [0.717, 1.165) is 28.0 Å². The van der Waals surface area contributed by atoms with Crippen LogP contribution in [0.1, 0.15) is 24.1 Å². The number of nitrogens with zero attached hydrogens (tertiary/aromatic N) is 2. The van der Waals surface area contributed by atoms with Gasteiger partial charge in [-0.2, -0.15) is 0 Å². The van der Waals surface area contributed by atoms with E-state index in [1.807, 2.05) is 85.8 Å². The van der Waals surface area contributed by atoms with Crippen LogP contribution in [0.3, 0.4) is 0 Å². The van der Waals surface area contributed by atoms with Gasteiger partial charge in [-0.05, 0) is 48.4 Å². The summed E-state index contributed by atoms with van der Waals surface area (Å²) < 4.78 is 17.7. The Labute approximate surface area is 191 Å². The van der Waals surface area contributed by atoms with E-state index in [-0.39, 0.29) is 6.04 Å². The number of nitrogens with two attached hydrogens (primary N) is 1. The summed E-state index contributed by atoms with van der Waals surface area (Å²) in [6.07, 6.45) is 1.68. The summed E-state index contributed by atoms with van der Waals surface area (Å²) in [7, 11) is 0. The Bertz CT molecular complexity index is 1360. The Morgan fingerprint density at radius 1 is 0.909 bits per heavy atom. The normalized spacial score (nSPS) is 11.9. The monoisotopic (exact) mass is 437 g/mol. The molecule has 0 saturated heterocycles. The van der Waals surface area contributed by atoms with Crippen LogP contribution in [-0.2, 0) is 6.61 Å². The lowest BCUT2D eigenvalue weighted by Crippen LogP contribution is -2.04. The standard InChI is InChI=1S/C27H23N3O3/c1-18(28)20-10-12-24-25(14-20)33-27(30-24)21-11-13-26(29-16-21)32-23-9-5-8-22(15-23)31-17-19-6-3-2-4-7-19/h2-16,18H,17,28H2,1H3/t18-/m1/s1. The minimum atomic E-state index is -0.0664. The number of hydrogen-bond acceptors (Lipinski definition) is 6. The maximum atomic E-state index is 5.96. The third-order valence-corrected chi connectivity index (χ3v) is 5.20. The Morgan fingerprint density at radius 3 is 2.55 bits per heavy atom. The van der Waals surface area contributed by atoms with E-state index in [1.165, 1.54) is 0 Å². The van der Waals surface area contributed by atoms with Crippen molar-refractivity contribution in [3.63, 3.8) is 0 Å². The summed E-state index contributed by atoms with van der Waals surface area (Å²) >= 11 is 0. The predicted octanol–water partition coefficient (Wildman–Crippen LogP) is 6.28. The molecule has 3 aromatic carbocycles. The smallest absolute Gasteiger partial charge is 0.228 e. The zero-order chi connectivity index (χ0) is 22.6. The van der Waals surface area contributed by atoms with Crippen LogP contribution < -0.4 is 15.2 Å². The fourth-order valence-electron chi connectivity index (χ4n) is 3.40. The highest BCUT2D eigenvalue weighted by Crippen LogP contribution is 2.28. The molecule has 0 saturated carbocycles. The van der Waals surface area contributed by atoms with E-state index in [1.54, 1.807) is 12.3 Å². The van der Waals surface area contributed by atoms with E-state index in [0.29, 0.717) is 29.7 Å². The average Bonchev–Trinajstić information content (AvgIpc) is 3.28. The van der Waals surface area contributed by atoms with Crippen molar-refractivity contribution in [1.29, 1.82) is 0 Å². The van der Waals surface area contributed by atoms with Crippen LogP contribution in [0.5, 0.6) is 17.4 Å². The number of pyridine rings is 1. The first kappa shape index (κ1) is 20.7. The molecular weight excluding hydrogens is 414 g/mol. The zero-order valence-electron chi connectivity index (χ0n) is 18.1. The van der Waals surface area contributed by atoms with Crippen molar-refractivity contribution in [1.82, 2.24) is 9.97 Å². The number of oxazole rings is 1. The van der Waals surface area contributed by atoms with Gasteiger partial charge in [0.25, 0.3) is 0 Å². The fraction of sp³-hybridized carbons (Fsp3) is 0.111. The molecular formula is C27H23N3O3. The van der Waals surface area contributed by atoms with Gasteiger partial charge in [-0.1, -0.05) is 42.5 Å². The van der Waals surface area contributed by atoms with E-state index in [4.69, 9.17) is 19.6 Å². The van der Waals surface area contributed by atoms with Gasteiger partial charge in [-0.3, -0.25) is 0 Å². The van der Waals surface area contributed by atoms with Gasteiger partial charge in [-0.25, -0.2) is 9.97 Å². The maximum Gasteiger partial charge on any atom is 0.228 e. The molecule has 0 amide bonds. The number of fused-ring (bicyclic) bond motifs is 1. The van der Waals surface area contributed by atoms with Gasteiger partial charge < -0.3 is 19.6 Å². The molecule has 0 aliphatic carbocycles. The predicted molar refractivity (Wildman–Crippen MR) is 127 cm³/mol. The molecule has 0 aliphatic rings. The first-order valence-corrected chi connectivity index (χ1v) is 10.7. The molecule has 1 atom stereocenters. The molecule has 2 N–H and O–H groups in total. The van der Waals surface area contributed by atoms with Gasteiger partial charge in [0.1, 0.15) is 23.6 Å². The van der Waals surface area contributed by atoms with E-state index >= 15 is 0 Å². The summed E-state index contributed by atoms with van der Waals surface area (Å²) in [5.41, 5.74) is 10.3. The van der Waals surface area contributed by atoms with Crippen LogP contribution in [0.2, 0.25) is 0 Å². The fourth-order valence-corrected chi connectivity index (χ4v) is 3.40. The minimum Gasteiger partial charge on any atom is -0.489 e. The number of hydrogen-bond donors (Lipinski definition) is 1. The molecule has 0 bridgehead atoms. The molecule has 0 fully saturated rings. The average molecular weight is 437 g/mol. The molecule has 5 aromatic rings. The molecule has 0 radical (unpaired) electrons. The van der Waals surface area contributed by atoms with Crippen molar-refractivity contribution >= 4 is 11.1 Å². The van der Waals surface area contributed by atoms with E-state index < -0.39 is 0 Å². The number of aromatic nitrogens is 2. The third-order valence-electron chi connectivity index (χ3n) is 5.20. The Hall–Kier alpha value is -4.16. The summed E-state index contributed by atoms with van der Waals surface area (Å²) in [5.74, 6) is 2.34. The van der Waals surface area contributed by atoms with Crippen molar-refractivity contribution in [2.45, 2.75) is 19.6 Å². The van der Waals surface area contributed by atoms with Crippen LogP contribution in [0, 0.1) is 0 Å². The van der Waals surface area contributed by atoms with Crippen LogP contribution in [0.4, 0.5) is 0 Å². The van der Waals surface area contributed by atoms with Gasteiger partial charge in [0.05, 0.1) is 5.56 Å². The Morgan fingerprint density at radius 2 is 1.76 bits per heavy atom. The summed E-state index contributed by atoms with van der Waals surface area (Å²) in [6, 6.07) is 26.9. The molecule has 33 heavy (non-hydrogen) atoms. The maximum absolute atomic E-state index is 5.96. The highest BCUT2D eigenvalue weighted by atomic mass is 16.5. The molecule has 6 nitrogen and oxygen atoms in total. The third kappa shape index (κ3) is 4.86. The molecule has 0 aliphatic heterocycles. The number of rotatable bonds is 7. The largest absolute Gasteiger partial charge is 0.489 e. The highest BCUT2D eigenvalue weighted by Gasteiger charge is 2.11. The Kier molecular flexibility index (Phi) is 5.74. The van der Waals surface area contributed by atoms with E-state index in [2.05, 4.69) is 9.97 Å². The second-order valence-electron chi connectivity index (χ2n) is 7.77. The van der Waals surface area contributed by atoms with Crippen molar-refractivity contribution in [3.8, 4) is 28.8 Å². The van der Waals surface area contributed by atoms with Gasteiger partial charge in [0.15, 0.2) is 5.58 Å². The van der Waals surface area contributed by atoms with E-state index in [9.17, 15) is 0 Å². The molecule has 0 unspecified atom stereocenters. The topological polar surface area (TPSA) is 83.4 Å². The SMILES string of the molecule is C[C@@H](N)c1ccc2nc(-c3ccc(Oc4cccc(OCc5ccccc5)c4)nc3)oc2c1. The van der Waals surface area contributed by atoms with Crippen LogP contribution in [0.15, 0.2) is 95.5 Å². The minimum absolute atomic E-state index is 0.0664. The van der Waals surface area contributed by atoms with Crippen LogP contribution >= 0.6 is 0 Å². The second kappa shape index (κ2) is 9.14. The van der Waals surface area contributed by atoms with Gasteiger partial charge in [-0.15, -0.1) is 0 Å². The lowest BCUT2D eigenvalue weighted by Gasteiger charge is -2.09. The first-order valence-electron chi connectivity index (χ1n) is 10.7. The Balaban J connectivity index is 1.28. The number of ether oxygens (including phenoxy) is 2. The molecule has 6 heteroatoms. The van der Waals surface area contributed by atoms with Crippen LogP contribution in [-0.4, -0.2) is 9.97 Å². The lowest BCUT2D eigenvalue weighted by atomic mass is 10.1. The molecule has 164 valence electrons. The number of benzene rings is 3. The van der Waals surface area contributed by atoms with Gasteiger partial charge in [0.2, 0.25) is 11.8 Å².